The number of aromatic nitrogens is 2. The van der Waals surface area contributed by atoms with Gasteiger partial charge in [0.25, 0.3) is 0 Å². The van der Waals surface area contributed by atoms with Crippen LogP contribution in [0.25, 0.3) is 5.52 Å². The predicted molar refractivity (Wildman–Crippen MR) is 48.3 cm³/mol. The number of methoxy groups -OCH3 is 2. The van der Waals surface area contributed by atoms with E-state index in [9.17, 15) is 0 Å². The van der Waals surface area contributed by atoms with Crippen LogP contribution in [-0.2, 0) is 0 Å². The van der Waals surface area contributed by atoms with E-state index in [1.165, 1.54) is 0 Å². The highest BCUT2D eigenvalue weighted by Gasteiger charge is 2.07. The molecule has 0 saturated heterocycles. The minimum Gasteiger partial charge on any atom is -0.491 e. The molecule has 0 N–H and O–H groups in total. The summed E-state index contributed by atoms with van der Waals surface area (Å²) in [6.07, 6.45) is 3.46. The van der Waals surface area contributed by atoms with Gasteiger partial charge in [-0.2, -0.15) is 0 Å². The summed E-state index contributed by atoms with van der Waals surface area (Å²) < 4.78 is 12.2. The molecule has 2 rings (SSSR count). The zero-order chi connectivity index (χ0) is 9.26. The standard InChI is InChI=1S/C9H10N2O2/c1-12-8-4-3-7-5-10-6-11(7)9(8)13-2/h3-6H,1-2H3. The minimum absolute atomic E-state index is 0.664. The van der Waals surface area contributed by atoms with Gasteiger partial charge < -0.3 is 9.47 Å². The van der Waals surface area contributed by atoms with Crippen LogP contribution in [0.2, 0.25) is 0 Å². The molecule has 0 bridgehead atoms. The fourth-order valence-electron chi connectivity index (χ4n) is 1.30. The van der Waals surface area contributed by atoms with E-state index in [0.717, 1.165) is 5.52 Å². The van der Waals surface area contributed by atoms with Crippen molar-refractivity contribution in [2.75, 3.05) is 14.2 Å². The molecule has 2 aromatic rings. The van der Waals surface area contributed by atoms with Crippen molar-refractivity contribution in [3.63, 3.8) is 0 Å². The summed E-state index contributed by atoms with van der Waals surface area (Å²) in [7, 11) is 3.22. The number of pyridine rings is 1. The molecule has 13 heavy (non-hydrogen) atoms. The van der Waals surface area contributed by atoms with Crippen molar-refractivity contribution >= 4 is 5.52 Å². The fourth-order valence-corrected chi connectivity index (χ4v) is 1.30. The Morgan fingerprint density at radius 3 is 2.77 bits per heavy atom. The van der Waals surface area contributed by atoms with Crippen LogP contribution in [0.15, 0.2) is 24.7 Å². The number of rotatable bonds is 2. The van der Waals surface area contributed by atoms with Gasteiger partial charge >= 0.3 is 0 Å². The van der Waals surface area contributed by atoms with Crippen molar-refractivity contribution in [3.8, 4) is 11.6 Å². The first-order chi connectivity index (χ1) is 6.36. The van der Waals surface area contributed by atoms with Gasteiger partial charge in [0.1, 0.15) is 6.33 Å². The molecular formula is C9H10N2O2. The van der Waals surface area contributed by atoms with Crippen LogP contribution in [-0.4, -0.2) is 23.6 Å². The first-order valence-corrected chi connectivity index (χ1v) is 3.90. The summed E-state index contributed by atoms with van der Waals surface area (Å²) in [5.74, 6) is 1.37. The number of hydrogen-bond donors (Lipinski definition) is 0. The maximum absolute atomic E-state index is 5.21. The molecule has 0 radical (unpaired) electrons. The molecule has 0 aliphatic heterocycles. The highest BCUT2D eigenvalue weighted by Crippen LogP contribution is 2.27. The van der Waals surface area contributed by atoms with Gasteiger partial charge in [0, 0.05) is 0 Å². The van der Waals surface area contributed by atoms with Gasteiger partial charge in [-0.25, -0.2) is 4.98 Å². The van der Waals surface area contributed by atoms with Crippen molar-refractivity contribution in [2.24, 2.45) is 0 Å². The topological polar surface area (TPSA) is 35.8 Å². The van der Waals surface area contributed by atoms with E-state index < -0.39 is 0 Å². The van der Waals surface area contributed by atoms with Gasteiger partial charge in [-0.3, -0.25) is 4.40 Å². The lowest BCUT2D eigenvalue weighted by atomic mass is 10.4. The van der Waals surface area contributed by atoms with E-state index >= 15 is 0 Å². The molecule has 0 saturated carbocycles. The van der Waals surface area contributed by atoms with Crippen LogP contribution in [0.4, 0.5) is 0 Å². The number of nitrogens with zero attached hydrogens (tertiary/aromatic N) is 2. The minimum atomic E-state index is 0.664. The third-order valence-electron chi connectivity index (χ3n) is 1.92. The molecule has 0 unspecified atom stereocenters. The maximum atomic E-state index is 5.21. The van der Waals surface area contributed by atoms with E-state index in [4.69, 9.17) is 9.47 Å². The molecule has 0 fully saturated rings. The van der Waals surface area contributed by atoms with Crippen molar-refractivity contribution in [1.29, 1.82) is 0 Å². The number of hydrogen-bond acceptors (Lipinski definition) is 3. The fraction of sp³-hybridized carbons (Fsp3) is 0.222. The molecule has 68 valence electrons. The van der Waals surface area contributed by atoms with E-state index in [0.29, 0.717) is 11.6 Å². The second kappa shape index (κ2) is 2.97. The average Bonchev–Trinajstić information content (AvgIpc) is 2.63. The molecule has 4 heteroatoms. The van der Waals surface area contributed by atoms with Crippen LogP contribution in [0.1, 0.15) is 0 Å². The normalized spacial score (nSPS) is 10.3. The second-order valence-corrected chi connectivity index (χ2v) is 2.60. The van der Waals surface area contributed by atoms with Crippen molar-refractivity contribution in [3.05, 3.63) is 24.7 Å². The van der Waals surface area contributed by atoms with Gasteiger partial charge in [0.15, 0.2) is 5.75 Å². The number of fused-ring (bicyclic) bond motifs is 1. The van der Waals surface area contributed by atoms with Crippen molar-refractivity contribution in [1.82, 2.24) is 9.38 Å². The number of imidazole rings is 1. The van der Waals surface area contributed by atoms with E-state index in [1.54, 1.807) is 26.7 Å². The first-order valence-electron chi connectivity index (χ1n) is 3.90. The molecule has 0 aliphatic carbocycles. The van der Waals surface area contributed by atoms with Crippen LogP contribution in [0, 0.1) is 0 Å². The van der Waals surface area contributed by atoms with E-state index in [1.807, 2.05) is 16.5 Å². The van der Waals surface area contributed by atoms with Gasteiger partial charge in [-0.05, 0) is 12.1 Å². The molecule has 2 heterocycles. The molecule has 4 nitrogen and oxygen atoms in total. The lowest BCUT2D eigenvalue weighted by Gasteiger charge is -2.08. The monoisotopic (exact) mass is 178 g/mol. The molecular weight excluding hydrogens is 168 g/mol. The molecule has 0 spiro atoms. The average molecular weight is 178 g/mol. The third kappa shape index (κ3) is 1.11. The van der Waals surface area contributed by atoms with Crippen LogP contribution < -0.4 is 9.47 Å². The van der Waals surface area contributed by atoms with Crippen LogP contribution in [0.3, 0.4) is 0 Å². The Morgan fingerprint density at radius 1 is 1.23 bits per heavy atom. The summed E-state index contributed by atoms with van der Waals surface area (Å²) in [5, 5.41) is 0. The highest BCUT2D eigenvalue weighted by atomic mass is 16.5. The predicted octanol–water partition coefficient (Wildman–Crippen LogP) is 1.35. The Bertz CT molecular complexity index is 422. The molecule has 0 amide bonds. The number of ether oxygens (including phenoxy) is 2. The SMILES string of the molecule is COc1ccc2cncn2c1OC. The Morgan fingerprint density at radius 2 is 2.08 bits per heavy atom. The van der Waals surface area contributed by atoms with E-state index in [-0.39, 0.29) is 0 Å². The van der Waals surface area contributed by atoms with Gasteiger partial charge in [0.2, 0.25) is 5.88 Å². The first kappa shape index (κ1) is 7.91. The second-order valence-electron chi connectivity index (χ2n) is 2.60. The van der Waals surface area contributed by atoms with Gasteiger partial charge in [0.05, 0.1) is 25.9 Å². The Kier molecular flexibility index (Phi) is 1.81. The lowest BCUT2D eigenvalue weighted by Crippen LogP contribution is -1.96. The molecule has 2 aromatic heterocycles. The largest absolute Gasteiger partial charge is 0.491 e. The third-order valence-corrected chi connectivity index (χ3v) is 1.92. The Hall–Kier alpha value is -1.71. The molecule has 0 aromatic carbocycles. The quantitative estimate of drug-likeness (QED) is 0.696. The van der Waals surface area contributed by atoms with E-state index in [2.05, 4.69) is 4.98 Å². The smallest absolute Gasteiger partial charge is 0.242 e. The lowest BCUT2D eigenvalue weighted by molar-refractivity contribution is 0.339. The molecule has 0 aliphatic rings. The van der Waals surface area contributed by atoms with Crippen molar-refractivity contribution in [2.45, 2.75) is 0 Å². The summed E-state index contributed by atoms with van der Waals surface area (Å²) in [6, 6.07) is 3.78. The summed E-state index contributed by atoms with van der Waals surface area (Å²) in [6.45, 7) is 0. The van der Waals surface area contributed by atoms with Crippen LogP contribution in [0.5, 0.6) is 11.6 Å². The zero-order valence-corrected chi connectivity index (χ0v) is 7.52. The summed E-state index contributed by atoms with van der Waals surface area (Å²) >= 11 is 0. The maximum Gasteiger partial charge on any atom is 0.242 e. The Balaban J connectivity index is 2.74. The molecule has 0 atom stereocenters. The van der Waals surface area contributed by atoms with Crippen LogP contribution >= 0.6 is 0 Å². The zero-order valence-electron chi connectivity index (χ0n) is 7.52. The summed E-state index contributed by atoms with van der Waals surface area (Å²) in [4.78, 5) is 4.01. The van der Waals surface area contributed by atoms with Crippen molar-refractivity contribution < 1.29 is 9.47 Å². The summed E-state index contributed by atoms with van der Waals surface area (Å²) in [5.41, 5.74) is 0.984. The highest BCUT2D eigenvalue weighted by molar-refractivity contribution is 5.52. The van der Waals surface area contributed by atoms with Gasteiger partial charge in [-0.15, -0.1) is 0 Å². The Labute approximate surface area is 75.7 Å². The van der Waals surface area contributed by atoms with Gasteiger partial charge in [-0.1, -0.05) is 0 Å².